The fourth-order valence-corrected chi connectivity index (χ4v) is 2.96. The molecule has 1 N–H and O–H groups in total. The summed E-state index contributed by atoms with van der Waals surface area (Å²) in [5, 5.41) is 4.10. The molecule has 0 amide bonds. The summed E-state index contributed by atoms with van der Waals surface area (Å²) in [6.45, 7) is 6.24. The van der Waals surface area contributed by atoms with Gasteiger partial charge in [0.25, 0.3) is 0 Å². The lowest BCUT2D eigenvalue weighted by molar-refractivity contribution is 0.502. The van der Waals surface area contributed by atoms with Gasteiger partial charge in [0.2, 0.25) is 0 Å². The summed E-state index contributed by atoms with van der Waals surface area (Å²) < 4.78 is 28.4. The maximum absolute atomic E-state index is 14.3. The molecule has 1 aromatic heterocycles. The number of nitrogens with zero attached hydrogens (tertiary/aromatic N) is 1. The molecule has 1 heterocycles. The van der Waals surface area contributed by atoms with Crippen molar-refractivity contribution in [1.29, 1.82) is 0 Å². The van der Waals surface area contributed by atoms with Crippen molar-refractivity contribution >= 4 is 11.3 Å². The van der Waals surface area contributed by atoms with E-state index >= 15 is 0 Å². The zero-order valence-electron chi connectivity index (χ0n) is 11.8. The predicted octanol–water partition coefficient (Wildman–Crippen LogP) is 4.13. The number of rotatable bonds is 5. The van der Waals surface area contributed by atoms with Gasteiger partial charge in [0, 0.05) is 16.6 Å². The smallest absolute Gasteiger partial charge is 0.134 e. The van der Waals surface area contributed by atoms with E-state index < -0.39 is 17.7 Å². The number of benzene rings is 1. The topological polar surface area (TPSA) is 24.9 Å². The van der Waals surface area contributed by atoms with E-state index in [1.54, 1.807) is 13.1 Å². The van der Waals surface area contributed by atoms with Crippen LogP contribution in [0.15, 0.2) is 18.3 Å². The van der Waals surface area contributed by atoms with Crippen LogP contribution in [0.3, 0.4) is 0 Å². The molecule has 1 aromatic carbocycles. The molecule has 1 unspecified atom stereocenters. The maximum atomic E-state index is 14.3. The van der Waals surface area contributed by atoms with E-state index in [1.807, 2.05) is 13.8 Å². The molecule has 0 radical (unpaired) electrons. The van der Waals surface area contributed by atoms with E-state index in [0.29, 0.717) is 12.1 Å². The van der Waals surface area contributed by atoms with Crippen molar-refractivity contribution in [3.05, 3.63) is 51.0 Å². The fourth-order valence-electron chi connectivity index (χ4n) is 2.09. The molecule has 0 aliphatic carbocycles. The normalized spacial score (nSPS) is 12.7. The lowest BCUT2D eigenvalue weighted by Crippen LogP contribution is -2.24. The first-order chi connectivity index (χ1) is 9.54. The first kappa shape index (κ1) is 15.1. The number of hydrogen-bond donors (Lipinski definition) is 1. The van der Waals surface area contributed by atoms with Crippen molar-refractivity contribution < 1.29 is 8.78 Å². The van der Waals surface area contributed by atoms with E-state index in [9.17, 15) is 8.78 Å². The van der Waals surface area contributed by atoms with Crippen LogP contribution in [0.25, 0.3) is 0 Å². The third-order valence-corrected chi connectivity index (χ3v) is 4.11. The highest BCUT2D eigenvalue weighted by molar-refractivity contribution is 7.11. The molecule has 2 nitrogen and oxygen atoms in total. The molecule has 0 bridgehead atoms. The third-order valence-electron chi connectivity index (χ3n) is 3.13. The molecule has 0 aliphatic heterocycles. The number of aromatic nitrogens is 1. The van der Waals surface area contributed by atoms with E-state index in [1.165, 1.54) is 23.5 Å². The first-order valence-electron chi connectivity index (χ1n) is 6.64. The molecule has 2 aromatic rings. The lowest BCUT2D eigenvalue weighted by atomic mass is 10.0. The van der Waals surface area contributed by atoms with Gasteiger partial charge in [-0.2, -0.15) is 0 Å². The second-order valence-electron chi connectivity index (χ2n) is 4.76. The summed E-state index contributed by atoms with van der Waals surface area (Å²) in [6.07, 6.45) is 2.58. The van der Waals surface area contributed by atoms with Crippen LogP contribution in [0.2, 0.25) is 0 Å². The SMILES string of the molecule is CCCNC(c1cnc(C)s1)c1c(F)ccc(C)c1F. The molecule has 0 fully saturated rings. The summed E-state index contributed by atoms with van der Waals surface area (Å²) in [5.41, 5.74) is 0.535. The van der Waals surface area contributed by atoms with Gasteiger partial charge in [-0.15, -0.1) is 11.3 Å². The molecule has 2 rings (SSSR count). The van der Waals surface area contributed by atoms with Gasteiger partial charge in [0.05, 0.1) is 11.0 Å². The van der Waals surface area contributed by atoms with Crippen LogP contribution in [0.5, 0.6) is 0 Å². The van der Waals surface area contributed by atoms with Gasteiger partial charge in [-0.3, -0.25) is 0 Å². The van der Waals surface area contributed by atoms with Crippen molar-refractivity contribution in [3.63, 3.8) is 0 Å². The maximum Gasteiger partial charge on any atom is 0.134 e. The number of nitrogens with one attached hydrogen (secondary N) is 1. The average Bonchev–Trinajstić information content (AvgIpc) is 2.84. The fraction of sp³-hybridized carbons (Fsp3) is 0.400. The second-order valence-corrected chi connectivity index (χ2v) is 6.03. The minimum atomic E-state index is -0.521. The lowest BCUT2D eigenvalue weighted by Gasteiger charge is -2.19. The van der Waals surface area contributed by atoms with Crippen molar-refractivity contribution in [2.75, 3.05) is 6.54 Å². The summed E-state index contributed by atoms with van der Waals surface area (Å²) in [5.74, 6) is -1.00. The van der Waals surface area contributed by atoms with Gasteiger partial charge in [-0.1, -0.05) is 13.0 Å². The summed E-state index contributed by atoms with van der Waals surface area (Å²) >= 11 is 1.46. The van der Waals surface area contributed by atoms with Crippen molar-refractivity contribution in [1.82, 2.24) is 10.3 Å². The average molecular weight is 296 g/mol. The first-order valence-corrected chi connectivity index (χ1v) is 7.46. The molecule has 1 atom stereocenters. The zero-order valence-corrected chi connectivity index (χ0v) is 12.7. The Bertz CT molecular complexity index is 596. The van der Waals surface area contributed by atoms with Crippen LogP contribution in [-0.4, -0.2) is 11.5 Å². The summed E-state index contributed by atoms with van der Waals surface area (Å²) in [4.78, 5) is 5.02. The van der Waals surface area contributed by atoms with Gasteiger partial charge in [-0.25, -0.2) is 13.8 Å². The Morgan fingerprint density at radius 2 is 2.05 bits per heavy atom. The number of aryl methyl sites for hydroxylation is 2. The largest absolute Gasteiger partial charge is 0.305 e. The quantitative estimate of drug-likeness (QED) is 0.897. The van der Waals surface area contributed by atoms with E-state index in [-0.39, 0.29) is 5.56 Å². The van der Waals surface area contributed by atoms with Crippen molar-refractivity contribution in [3.8, 4) is 0 Å². The van der Waals surface area contributed by atoms with Gasteiger partial charge in [-0.05, 0) is 38.4 Å². The Balaban J connectivity index is 2.49. The summed E-state index contributed by atoms with van der Waals surface area (Å²) in [7, 11) is 0. The molecular weight excluding hydrogens is 278 g/mol. The molecule has 5 heteroatoms. The minimum Gasteiger partial charge on any atom is -0.305 e. The second kappa shape index (κ2) is 6.41. The van der Waals surface area contributed by atoms with Crippen LogP contribution in [-0.2, 0) is 0 Å². The molecule has 0 aliphatic rings. The molecule has 108 valence electrons. The molecule has 0 spiro atoms. The van der Waals surface area contributed by atoms with Crippen LogP contribution in [0.1, 0.15) is 40.4 Å². The Hall–Kier alpha value is -1.33. The number of halogens is 2. The number of hydrogen-bond acceptors (Lipinski definition) is 3. The molecule has 20 heavy (non-hydrogen) atoms. The van der Waals surface area contributed by atoms with Gasteiger partial charge in [0.15, 0.2) is 0 Å². The standard InChI is InChI=1S/C15H18F2N2S/c1-4-7-18-15(12-8-19-10(3)20-12)13-11(16)6-5-9(2)14(13)17/h5-6,8,15,18H,4,7H2,1-3H3. The van der Waals surface area contributed by atoms with E-state index in [0.717, 1.165) is 16.3 Å². The predicted molar refractivity (Wildman–Crippen MR) is 78.1 cm³/mol. The van der Waals surface area contributed by atoms with Gasteiger partial charge in [0.1, 0.15) is 11.6 Å². The Morgan fingerprint density at radius 3 is 2.65 bits per heavy atom. The molecule has 0 saturated carbocycles. The van der Waals surface area contributed by atoms with E-state index in [2.05, 4.69) is 10.3 Å². The Morgan fingerprint density at radius 1 is 1.30 bits per heavy atom. The number of thiazole rings is 1. The van der Waals surface area contributed by atoms with Crippen LogP contribution >= 0.6 is 11.3 Å². The van der Waals surface area contributed by atoms with Crippen LogP contribution in [0, 0.1) is 25.5 Å². The van der Waals surface area contributed by atoms with Crippen molar-refractivity contribution in [2.45, 2.75) is 33.2 Å². The Kier molecular flexibility index (Phi) is 4.83. The summed E-state index contributed by atoms with van der Waals surface area (Å²) in [6, 6.07) is 2.30. The highest BCUT2D eigenvalue weighted by atomic mass is 32.1. The highest BCUT2D eigenvalue weighted by Crippen LogP contribution is 2.31. The Labute approximate surface area is 121 Å². The van der Waals surface area contributed by atoms with Gasteiger partial charge >= 0.3 is 0 Å². The molecular formula is C15H18F2N2S. The third kappa shape index (κ3) is 3.04. The van der Waals surface area contributed by atoms with Crippen LogP contribution < -0.4 is 5.32 Å². The van der Waals surface area contributed by atoms with Gasteiger partial charge < -0.3 is 5.32 Å². The highest BCUT2D eigenvalue weighted by Gasteiger charge is 2.24. The van der Waals surface area contributed by atoms with Crippen LogP contribution in [0.4, 0.5) is 8.78 Å². The zero-order chi connectivity index (χ0) is 14.7. The van der Waals surface area contributed by atoms with E-state index in [4.69, 9.17) is 0 Å². The minimum absolute atomic E-state index is 0.0853. The van der Waals surface area contributed by atoms with Crippen molar-refractivity contribution in [2.24, 2.45) is 0 Å². The monoisotopic (exact) mass is 296 g/mol. The molecule has 0 saturated heterocycles.